The summed E-state index contributed by atoms with van der Waals surface area (Å²) in [6, 6.07) is 0. The number of carbonyl (C=O) groups excluding carboxylic acids is 2. The molecule has 0 aromatic rings. The third-order valence-electron chi connectivity index (χ3n) is 5.33. The number of allylic oxidation sites excluding steroid dienone is 1. The maximum Gasteiger partial charge on any atom is 0.334 e. The number of esters is 2. The van der Waals surface area contributed by atoms with Gasteiger partial charge in [0.2, 0.25) is 5.79 Å². The van der Waals surface area contributed by atoms with Gasteiger partial charge in [0.1, 0.15) is 12.2 Å². The lowest BCUT2D eigenvalue weighted by molar-refractivity contribution is -0.191. The summed E-state index contributed by atoms with van der Waals surface area (Å²) in [6.45, 7) is 8.41. The van der Waals surface area contributed by atoms with Crippen LogP contribution in [0.2, 0.25) is 0 Å². The van der Waals surface area contributed by atoms with Crippen molar-refractivity contribution >= 4 is 11.9 Å². The fourth-order valence-electron chi connectivity index (χ4n) is 3.65. The number of ether oxygens (including phenoxy) is 3. The summed E-state index contributed by atoms with van der Waals surface area (Å²) in [5.41, 5.74) is -0.213. The number of aliphatic hydroxyl groups excluding tert-OH is 1. The molecule has 2 N–H and O–H groups in total. The molecule has 1 saturated heterocycles. The Bertz CT molecular complexity index is 777. The average molecular weight is 376 g/mol. The van der Waals surface area contributed by atoms with Crippen molar-refractivity contribution in [2.75, 3.05) is 6.61 Å². The Hall–Kier alpha value is -2.22. The fraction of sp³-hybridized carbons (Fsp3) is 0.500. The SMILES string of the molecule is C=C1C(=O)OC2C=C(CO)C3(O)C=CC(C)(CC(OC(=O)C(C)=CC)C12)O3. The molecule has 0 saturated carbocycles. The topological polar surface area (TPSA) is 102 Å². The van der Waals surface area contributed by atoms with Crippen molar-refractivity contribution in [2.45, 2.75) is 50.8 Å². The van der Waals surface area contributed by atoms with Gasteiger partial charge in [-0.2, -0.15) is 0 Å². The number of fused-ring (bicyclic) bond motifs is 3. The van der Waals surface area contributed by atoms with Crippen molar-refractivity contribution in [3.63, 3.8) is 0 Å². The molecule has 27 heavy (non-hydrogen) atoms. The highest BCUT2D eigenvalue weighted by Gasteiger charge is 2.52. The standard InChI is InChI=1S/C20H24O7/c1-5-11(2)17(22)26-15-9-19(4)6-7-20(24,27-19)13(10-21)8-14-16(15)12(3)18(23)25-14/h5-8,14-16,21,24H,3,9-10H2,1-2,4H3. The zero-order valence-corrected chi connectivity index (χ0v) is 15.6. The highest BCUT2D eigenvalue weighted by atomic mass is 16.6. The van der Waals surface area contributed by atoms with Crippen LogP contribution in [-0.4, -0.2) is 52.4 Å². The molecular weight excluding hydrogens is 352 g/mol. The van der Waals surface area contributed by atoms with Crippen molar-refractivity contribution < 1.29 is 34.0 Å². The van der Waals surface area contributed by atoms with Crippen LogP contribution in [0.15, 0.2) is 47.6 Å². The van der Waals surface area contributed by atoms with Crippen LogP contribution in [0.4, 0.5) is 0 Å². The molecule has 5 atom stereocenters. The molecule has 0 aliphatic carbocycles. The van der Waals surface area contributed by atoms with E-state index in [9.17, 15) is 19.8 Å². The van der Waals surface area contributed by atoms with E-state index in [1.807, 2.05) is 0 Å². The van der Waals surface area contributed by atoms with E-state index in [0.29, 0.717) is 5.57 Å². The molecule has 3 rings (SSSR count). The third-order valence-corrected chi connectivity index (χ3v) is 5.33. The minimum Gasteiger partial charge on any atom is -0.458 e. The maximum absolute atomic E-state index is 12.4. The van der Waals surface area contributed by atoms with Crippen LogP contribution in [0.3, 0.4) is 0 Å². The molecular formula is C20H24O7. The second-order valence-electron chi connectivity index (χ2n) is 7.34. The van der Waals surface area contributed by atoms with Crippen LogP contribution in [0, 0.1) is 5.92 Å². The van der Waals surface area contributed by atoms with Gasteiger partial charge >= 0.3 is 11.9 Å². The van der Waals surface area contributed by atoms with E-state index in [2.05, 4.69) is 6.58 Å². The van der Waals surface area contributed by atoms with Crippen molar-refractivity contribution in [2.24, 2.45) is 5.92 Å². The van der Waals surface area contributed by atoms with Gasteiger partial charge in [0.25, 0.3) is 0 Å². The molecule has 0 amide bonds. The van der Waals surface area contributed by atoms with Gasteiger partial charge in [-0.25, -0.2) is 9.59 Å². The Morgan fingerprint density at radius 2 is 2.19 bits per heavy atom. The molecule has 5 unspecified atom stereocenters. The monoisotopic (exact) mass is 376 g/mol. The van der Waals surface area contributed by atoms with Crippen LogP contribution < -0.4 is 0 Å². The number of rotatable bonds is 3. The quantitative estimate of drug-likeness (QED) is 0.435. The summed E-state index contributed by atoms with van der Waals surface area (Å²) in [6.07, 6.45) is 4.76. The predicted molar refractivity (Wildman–Crippen MR) is 95.2 cm³/mol. The van der Waals surface area contributed by atoms with E-state index in [1.165, 1.54) is 12.2 Å². The first-order valence-corrected chi connectivity index (χ1v) is 8.81. The third kappa shape index (κ3) is 3.38. The lowest BCUT2D eigenvalue weighted by Crippen LogP contribution is -2.41. The van der Waals surface area contributed by atoms with Crippen LogP contribution in [0.5, 0.6) is 0 Å². The minimum absolute atomic E-state index is 0.150. The first-order valence-electron chi connectivity index (χ1n) is 8.81. The van der Waals surface area contributed by atoms with Crippen LogP contribution in [-0.2, 0) is 23.8 Å². The Labute approximate surface area is 157 Å². The smallest absolute Gasteiger partial charge is 0.334 e. The van der Waals surface area contributed by atoms with Gasteiger partial charge in [-0.05, 0) is 32.9 Å². The summed E-state index contributed by atoms with van der Waals surface area (Å²) in [7, 11) is 0. The van der Waals surface area contributed by atoms with Gasteiger partial charge in [0.15, 0.2) is 0 Å². The van der Waals surface area contributed by atoms with Crippen molar-refractivity contribution in [1.82, 2.24) is 0 Å². The molecule has 0 spiro atoms. The van der Waals surface area contributed by atoms with Crippen molar-refractivity contribution in [1.29, 1.82) is 0 Å². The average Bonchev–Trinajstić information content (AvgIpc) is 3.08. The van der Waals surface area contributed by atoms with E-state index in [-0.39, 0.29) is 17.6 Å². The van der Waals surface area contributed by atoms with Gasteiger partial charge in [-0.3, -0.25) is 0 Å². The molecule has 146 valence electrons. The Kier molecular flexibility index (Phi) is 4.88. The van der Waals surface area contributed by atoms with E-state index in [4.69, 9.17) is 14.2 Å². The van der Waals surface area contributed by atoms with Crippen LogP contribution in [0.25, 0.3) is 0 Å². The lowest BCUT2D eigenvalue weighted by atomic mass is 9.83. The van der Waals surface area contributed by atoms with E-state index in [0.717, 1.165) is 0 Å². The zero-order chi connectivity index (χ0) is 20.0. The van der Waals surface area contributed by atoms with E-state index >= 15 is 0 Å². The Balaban J connectivity index is 2.07. The number of hydrogen-bond acceptors (Lipinski definition) is 7. The molecule has 7 nitrogen and oxygen atoms in total. The molecule has 1 fully saturated rings. The van der Waals surface area contributed by atoms with Gasteiger partial charge in [0, 0.05) is 23.1 Å². The van der Waals surface area contributed by atoms with E-state index in [1.54, 1.807) is 32.9 Å². The molecule has 0 radical (unpaired) electrons. The number of carbonyl (C=O) groups is 2. The fourth-order valence-corrected chi connectivity index (χ4v) is 3.65. The second-order valence-corrected chi connectivity index (χ2v) is 7.34. The Morgan fingerprint density at radius 3 is 2.81 bits per heavy atom. The molecule has 7 heteroatoms. The van der Waals surface area contributed by atoms with Gasteiger partial charge in [0.05, 0.1) is 18.1 Å². The predicted octanol–water partition coefficient (Wildman–Crippen LogP) is 1.32. The second kappa shape index (κ2) is 6.74. The molecule has 0 aromatic carbocycles. The normalized spacial score (nSPS) is 38.5. The number of hydrogen-bond donors (Lipinski definition) is 2. The Morgan fingerprint density at radius 1 is 1.48 bits per heavy atom. The lowest BCUT2D eigenvalue weighted by Gasteiger charge is -2.33. The largest absolute Gasteiger partial charge is 0.458 e. The highest BCUT2D eigenvalue weighted by Crippen LogP contribution is 2.44. The van der Waals surface area contributed by atoms with Crippen molar-refractivity contribution in [3.8, 4) is 0 Å². The summed E-state index contributed by atoms with van der Waals surface area (Å²) in [5, 5.41) is 20.5. The van der Waals surface area contributed by atoms with Crippen LogP contribution >= 0.6 is 0 Å². The highest BCUT2D eigenvalue weighted by molar-refractivity contribution is 5.92. The zero-order valence-electron chi connectivity index (χ0n) is 15.6. The molecule has 3 heterocycles. The molecule has 0 aromatic heterocycles. The van der Waals surface area contributed by atoms with Crippen LogP contribution in [0.1, 0.15) is 27.2 Å². The van der Waals surface area contributed by atoms with Gasteiger partial charge < -0.3 is 24.4 Å². The molecule has 3 aliphatic heterocycles. The number of aliphatic hydroxyl groups is 2. The first-order chi connectivity index (χ1) is 12.6. The first kappa shape index (κ1) is 19.5. The summed E-state index contributed by atoms with van der Waals surface area (Å²) >= 11 is 0. The van der Waals surface area contributed by atoms with Gasteiger partial charge in [-0.15, -0.1) is 0 Å². The summed E-state index contributed by atoms with van der Waals surface area (Å²) in [4.78, 5) is 24.5. The van der Waals surface area contributed by atoms with Crippen molar-refractivity contribution in [3.05, 3.63) is 47.6 Å². The molecule has 2 bridgehead atoms. The van der Waals surface area contributed by atoms with E-state index < -0.39 is 48.1 Å². The minimum atomic E-state index is -1.82. The molecule has 3 aliphatic rings. The van der Waals surface area contributed by atoms with Gasteiger partial charge in [-0.1, -0.05) is 18.7 Å². The maximum atomic E-state index is 12.4. The summed E-state index contributed by atoms with van der Waals surface area (Å²) in [5.74, 6) is -3.58. The summed E-state index contributed by atoms with van der Waals surface area (Å²) < 4.78 is 16.9.